The van der Waals surface area contributed by atoms with Gasteiger partial charge < -0.3 is 14.8 Å². The maximum absolute atomic E-state index is 13.9. The summed E-state index contributed by atoms with van der Waals surface area (Å²) in [5, 5.41) is 2.76. The molecule has 1 amide bonds. The van der Waals surface area contributed by atoms with Crippen LogP contribution in [0.1, 0.15) is 33.3 Å². The van der Waals surface area contributed by atoms with Crippen LogP contribution >= 0.6 is 0 Å². The number of pyridine rings is 1. The van der Waals surface area contributed by atoms with Crippen LogP contribution < -0.4 is 14.8 Å². The fourth-order valence-electron chi connectivity index (χ4n) is 2.19. The van der Waals surface area contributed by atoms with Crippen molar-refractivity contribution < 1.29 is 18.7 Å². The Kier molecular flexibility index (Phi) is 6.72. The van der Waals surface area contributed by atoms with Crippen LogP contribution in [0.2, 0.25) is 0 Å². The monoisotopic (exact) mass is 358 g/mol. The van der Waals surface area contributed by atoms with E-state index in [9.17, 15) is 9.18 Å². The molecule has 6 heteroatoms. The summed E-state index contributed by atoms with van der Waals surface area (Å²) in [6.45, 7) is 7.13. The van der Waals surface area contributed by atoms with Crippen LogP contribution in [0.3, 0.4) is 0 Å². The molecule has 1 heterocycles. The molecule has 0 bridgehead atoms. The fraction of sp³-hybridized carbons (Fsp3) is 0.300. The first-order valence-electron chi connectivity index (χ1n) is 8.39. The second-order valence-corrected chi connectivity index (χ2v) is 6.14. The van der Waals surface area contributed by atoms with Crippen molar-refractivity contribution in [3.8, 4) is 17.4 Å². The third-order valence-electron chi connectivity index (χ3n) is 3.26. The fourth-order valence-corrected chi connectivity index (χ4v) is 2.19. The number of halogens is 1. The van der Waals surface area contributed by atoms with Gasteiger partial charge in [-0.05, 0) is 44.5 Å². The standard InChI is InChI=1S/C20H23FN2O3/c1-13(2)25-17-8-9-18(21)19(11-17)26-20-10-7-16(12-22-20)6-5-14(3)23-15(4)24/h5-14H,1-4H3,(H,23,24)/t14-/m0/s1. The molecule has 0 aliphatic heterocycles. The smallest absolute Gasteiger partial charge is 0.219 e. The normalized spacial score (nSPS) is 12.2. The van der Waals surface area contributed by atoms with Gasteiger partial charge in [-0.25, -0.2) is 9.37 Å². The molecule has 0 saturated heterocycles. The van der Waals surface area contributed by atoms with E-state index in [1.165, 1.54) is 19.1 Å². The Balaban J connectivity index is 2.05. The molecule has 1 N–H and O–H groups in total. The van der Waals surface area contributed by atoms with Gasteiger partial charge >= 0.3 is 0 Å². The van der Waals surface area contributed by atoms with Crippen molar-refractivity contribution in [2.75, 3.05) is 0 Å². The van der Waals surface area contributed by atoms with Gasteiger partial charge in [-0.1, -0.05) is 12.2 Å². The molecule has 1 aromatic carbocycles. The van der Waals surface area contributed by atoms with Gasteiger partial charge in [0.1, 0.15) is 5.75 Å². The lowest BCUT2D eigenvalue weighted by Crippen LogP contribution is -2.28. The number of carbonyl (C=O) groups excluding carboxylic acids is 1. The highest BCUT2D eigenvalue weighted by Crippen LogP contribution is 2.28. The third kappa shape index (κ3) is 6.20. The minimum Gasteiger partial charge on any atom is -0.491 e. The summed E-state index contributed by atoms with van der Waals surface area (Å²) in [6.07, 6.45) is 5.29. The molecule has 1 aromatic heterocycles. The largest absolute Gasteiger partial charge is 0.491 e. The van der Waals surface area contributed by atoms with Gasteiger partial charge in [-0.2, -0.15) is 0 Å². The highest BCUT2D eigenvalue weighted by Gasteiger charge is 2.09. The zero-order valence-electron chi connectivity index (χ0n) is 15.3. The van der Waals surface area contributed by atoms with E-state index in [0.29, 0.717) is 5.75 Å². The molecule has 0 fully saturated rings. The van der Waals surface area contributed by atoms with Gasteiger partial charge in [0.05, 0.1) is 6.10 Å². The van der Waals surface area contributed by atoms with E-state index in [2.05, 4.69) is 10.3 Å². The van der Waals surface area contributed by atoms with Gasteiger partial charge in [0.2, 0.25) is 11.8 Å². The summed E-state index contributed by atoms with van der Waals surface area (Å²) in [7, 11) is 0. The predicted octanol–water partition coefficient (Wildman–Crippen LogP) is 4.34. The lowest BCUT2D eigenvalue weighted by atomic mass is 10.2. The molecule has 0 saturated carbocycles. The van der Waals surface area contributed by atoms with E-state index in [1.807, 2.05) is 32.9 Å². The summed E-state index contributed by atoms with van der Waals surface area (Å²) in [6, 6.07) is 7.72. The van der Waals surface area contributed by atoms with Gasteiger partial charge in [-0.3, -0.25) is 4.79 Å². The topological polar surface area (TPSA) is 60.5 Å². The SMILES string of the molecule is CC(=O)N[C@@H](C)C=Cc1ccc(Oc2cc(OC(C)C)ccc2F)nc1. The number of nitrogens with one attached hydrogen (secondary N) is 1. The van der Waals surface area contributed by atoms with Crippen LogP contribution in [0.5, 0.6) is 17.4 Å². The Bertz CT molecular complexity index is 773. The molecule has 1 atom stereocenters. The van der Waals surface area contributed by atoms with Crippen LogP contribution in [0.25, 0.3) is 6.08 Å². The van der Waals surface area contributed by atoms with Gasteiger partial charge in [0, 0.05) is 31.3 Å². The lowest BCUT2D eigenvalue weighted by Gasteiger charge is -2.12. The predicted molar refractivity (Wildman–Crippen MR) is 98.8 cm³/mol. The number of hydrogen-bond donors (Lipinski definition) is 1. The van der Waals surface area contributed by atoms with E-state index in [-0.39, 0.29) is 29.7 Å². The molecule has 2 rings (SSSR count). The summed E-state index contributed by atoms with van der Waals surface area (Å²) in [5.41, 5.74) is 0.840. The third-order valence-corrected chi connectivity index (χ3v) is 3.26. The highest BCUT2D eigenvalue weighted by atomic mass is 19.1. The Hall–Kier alpha value is -2.89. The Labute approximate surface area is 152 Å². The Morgan fingerprint density at radius 3 is 2.62 bits per heavy atom. The molecular formula is C20H23FN2O3. The van der Waals surface area contributed by atoms with Gasteiger partial charge in [0.25, 0.3) is 0 Å². The molecule has 5 nitrogen and oxygen atoms in total. The zero-order chi connectivity index (χ0) is 19.1. The van der Waals surface area contributed by atoms with Crippen molar-refractivity contribution in [2.24, 2.45) is 0 Å². The number of ether oxygens (including phenoxy) is 2. The first-order valence-corrected chi connectivity index (χ1v) is 8.39. The zero-order valence-corrected chi connectivity index (χ0v) is 15.3. The summed E-state index contributed by atoms with van der Waals surface area (Å²) >= 11 is 0. The average molecular weight is 358 g/mol. The number of carbonyl (C=O) groups is 1. The Morgan fingerprint density at radius 2 is 2.00 bits per heavy atom. The number of rotatable bonds is 7. The van der Waals surface area contributed by atoms with Crippen molar-refractivity contribution in [2.45, 2.75) is 39.8 Å². The average Bonchev–Trinajstić information content (AvgIpc) is 2.56. The molecule has 0 radical (unpaired) electrons. The highest BCUT2D eigenvalue weighted by molar-refractivity contribution is 5.73. The molecular weight excluding hydrogens is 335 g/mol. The van der Waals surface area contributed by atoms with Crippen LogP contribution in [0.4, 0.5) is 4.39 Å². The van der Waals surface area contributed by atoms with Crippen molar-refractivity contribution in [1.82, 2.24) is 10.3 Å². The van der Waals surface area contributed by atoms with E-state index in [4.69, 9.17) is 9.47 Å². The van der Waals surface area contributed by atoms with Crippen LogP contribution in [-0.2, 0) is 4.79 Å². The lowest BCUT2D eigenvalue weighted by molar-refractivity contribution is -0.119. The second-order valence-electron chi connectivity index (χ2n) is 6.14. The molecule has 2 aromatic rings. The number of hydrogen-bond acceptors (Lipinski definition) is 4. The number of benzene rings is 1. The Morgan fingerprint density at radius 1 is 1.23 bits per heavy atom. The van der Waals surface area contributed by atoms with Crippen LogP contribution in [-0.4, -0.2) is 23.0 Å². The van der Waals surface area contributed by atoms with Gasteiger partial charge in [-0.15, -0.1) is 0 Å². The molecule has 0 aliphatic carbocycles. The van der Waals surface area contributed by atoms with Crippen molar-refractivity contribution in [3.05, 3.63) is 54.0 Å². The maximum Gasteiger partial charge on any atom is 0.219 e. The summed E-state index contributed by atoms with van der Waals surface area (Å²) in [5.74, 6) is 0.282. The van der Waals surface area contributed by atoms with Crippen molar-refractivity contribution >= 4 is 12.0 Å². The molecule has 138 valence electrons. The minimum atomic E-state index is -0.490. The second kappa shape index (κ2) is 8.99. The van der Waals surface area contributed by atoms with Gasteiger partial charge in [0.15, 0.2) is 11.6 Å². The quantitative estimate of drug-likeness (QED) is 0.800. The van der Waals surface area contributed by atoms with Crippen LogP contribution in [0.15, 0.2) is 42.6 Å². The van der Waals surface area contributed by atoms with Crippen molar-refractivity contribution in [3.63, 3.8) is 0 Å². The number of nitrogens with zero attached hydrogens (tertiary/aromatic N) is 1. The molecule has 26 heavy (non-hydrogen) atoms. The summed E-state index contributed by atoms with van der Waals surface area (Å²) in [4.78, 5) is 15.2. The van der Waals surface area contributed by atoms with E-state index in [1.54, 1.807) is 24.4 Å². The number of aromatic nitrogens is 1. The van der Waals surface area contributed by atoms with E-state index < -0.39 is 5.82 Å². The van der Waals surface area contributed by atoms with Crippen LogP contribution in [0, 0.1) is 5.82 Å². The molecule has 0 aliphatic rings. The number of amides is 1. The first kappa shape index (κ1) is 19.4. The first-order chi connectivity index (χ1) is 12.3. The van der Waals surface area contributed by atoms with Crippen molar-refractivity contribution in [1.29, 1.82) is 0 Å². The summed E-state index contributed by atoms with van der Waals surface area (Å²) < 4.78 is 25.0. The van der Waals surface area contributed by atoms with E-state index in [0.717, 1.165) is 5.56 Å². The maximum atomic E-state index is 13.9. The molecule has 0 spiro atoms. The minimum absolute atomic E-state index is 0.0163. The molecule has 0 unspecified atom stereocenters. The van der Waals surface area contributed by atoms with E-state index >= 15 is 0 Å².